The molecule has 7 heteroatoms. The minimum Gasteiger partial charge on any atom is -0.398 e. The van der Waals surface area contributed by atoms with Crippen molar-refractivity contribution in [1.82, 2.24) is 10.0 Å². The molecule has 6 nitrogen and oxygen atoms in total. The number of carbonyl (C=O) groups excluding carboxylic acids is 1. The molecule has 0 bridgehead atoms. The molecule has 0 aromatic heterocycles. The minimum atomic E-state index is -3.86. The van der Waals surface area contributed by atoms with Crippen LogP contribution in [0.1, 0.15) is 18.4 Å². The Balaban J connectivity index is 2.13. The third-order valence-electron chi connectivity index (χ3n) is 2.70. The lowest BCUT2D eigenvalue weighted by molar-refractivity contribution is 0.245. The van der Waals surface area contributed by atoms with Crippen molar-refractivity contribution in [2.45, 2.75) is 30.7 Å². The van der Waals surface area contributed by atoms with Crippen LogP contribution in [0.25, 0.3) is 0 Å². The molecule has 0 heterocycles. The molecule has 0 unspecified atom stereocenters. The van der Waals surface area contributed by atoms with Crippen molar-refractivity contribution < 1.29 is 13.2 Å². The first kappa shape index (κ1) is 12.7. The summed E-state index contributed by atoms with van der Waals surface area (Å²) in [6.45, 7) is 1.78. The van der Waals surface area contributed by atoms with E-state index in [1.54, 1.807) is 13.0 Å². The highest BCUT2D eigenvalue weighted by atomic mass is 32.2. The fraction of sp³-hybridized carbons (Fsp3) is 0.364. The number of benzene rings is 1. The van der Waals surface area contributed by atoms with E-state index in [1.165, 1.54) is 12.1 Å². The zero-order valence-electron chi connectivity index (χ0n) is 9.93. The molecule has 1 aliphatic rings. The van der Waals surface area contributed by atoms with Gasteiger partial charge in [0.15, 0.2) is 0 Å². The van der Waals surface area contributed by atoms with E-state index in [2.05, 4.69) is 5.32 Å². The molecule has 1 aromatic rings. The van der Waals surface area contributed by atoms with Crippen LogP contribution >= 0.6 is 0 Å². The summed E-state index contributed by atoms with van der Waals surface area (Å²) in [5, 5.41) is 2.55. The molecule has 0 atom stereocenters. The molecule has 18 heavy (non-hydrogen) atoms. The van der Waals surface area contributed by atoms with Crippen molar-refractivity contribution in [3.8, 4) is 0 Å². The van der Waals surface area contributed by atoms with Crippen LogP contribution in [0.4, 0.5) is 10.5 Å². The summed E-state index contributed by atoms with van der Waals surface area (Å²) in [5.41, 5.74) is 6.81. The highest BCUT2D eigenvalue weighted by Crippen LogP contribution is 2.19. The van der Waals surface area contributed by atoms with Gasteiger partial charge in [0.1, 0.15) is 0 Å². The van der Waals surface area contributed by atoms with Crippen LogP contribution in [-0.2, 0) is 10.0 Å². The van der Waals surface area contributed by atoms with Crippen LogP contribution < -0.4 is 15.8 Å². The number of sulfonamides is 1. The Morgan fingerprint density at radius 3 is 2.61 bits per heavy atom. The molecule has 1 aliphatic carbocycles. The number of hydrogen-bond donors (Lipinski definition) is 3. The Kier molecular flexibility index (Phi) is 3.16. The summed E-state index contributed by atoms with van der Waals surface area (Å²) < 4.78 is 25.7. The predicted molar refractivity (Wildman–Crippen MR) is 67.5 cm³/mol. The van der Waals surface area contributed by atoms with Crippen molar-refractivity contribution in [2.24, 2.45) is 0 Å². The molecular formula is C11H15N3O3S. The van der Waals surface area contributed by atoms with Crippen LogP contribution in [0.2, 0.25) is 0 Å². The van der Waals surface area contributed by atoms with Gasteiger partial charge in [-0.2, -0.15) is 0 Å². The van der Waals surface area contributed by atoms with Crippen molar-refractivity contribution >= 4 is 21.7 Å². The third kappa shape index (κ3) is 2.92. The maximum Gasteiger partial charge on any atom is 0.328 e. The van der Waals surface area contributed by atoms with Crippen LogP contribution in [0.5, 0.6) is 0 Å². The average molecular weight is 269 g/mol. The Morgan fingerprint density at radius 1 is 1.39 bits per heavy atom. The monoisotopic (exact) mass is 269 g/mol. The SMILES string of the molecule is Cc1ccc(S(=O)(=O)NC(=O)NC2CC2)cc1N. The van der Waals surface area contributed by atoms with Gasteiger partial charge in [0, 0.05) is 11.7 Å². The first-order chi connectivity index (χ1) is 8.38. The molecule has 0 aliphatic heterocycles. The van der Waals surface area contributed by atoms with Gasteiger partial charge in [-0.3, -0.25) is 0 Å². The van der Waals surface area contributed by atoms with E-state index in [0.717, 1.165) is 18.4 Å². The first-order valence-corrected chi connectivity index (χ1v) is 7.06. The second kappa shape index (κ2) is 4.49. The molecule has 1 fully saturated rings. The molecule has 1 aromatic carbocycles. The van der Waals surface area contributed by atoms with Gasteiger partial charge in [0.2, 0.25) is 0 Å². The summed E-state index contributed by atoms with van der Waals surface area (Å²) >= 11 is 0. The van der Waals surface area contributed by atoms with E-state index in [0.29, 0.717) is 5.69 Å². The number of nitrogens with two attached hydrogens (primary N) is 1. The van der Waals surface area contributed by atoms with Crippen LogP contribution in [0.3, 0.4) is 0 Å². The molecular weight excluding hydrogens is 254 g/mol. The topological polar surface area (TPSA) is 101 Å². The first-order valence-electron chi connectivity index (χ1n) is 5.58. The second-order valence-electron chi connectivity index (χ2n) is 4.37. The van der Waals surface area contributed by atoms with Gasteiger partial charge in [0.05, 0.1) is 4.90 Å². The standard InChI is InChI=1S/C11H15N3O3S/c1-7-2-5-9(6-10(7)12)18(16,17)14-11(15)13-8-3-4-8/h2,5-6,8H,3-4,12H2,1H3,(H2,13,14,15). The number of aryl methyl sites for hydroxylation is 1. The molecule has 98 valence electrons. The number of nitrogens with one attached hydrogen (secondary N) is 2. The number of rotatable bonds is 3. The Hall–Kier alpha value is -1.76. The summed E-state index contributed by atoms with van der Waals surface area (Å²) in [7, 11) is -3.86. The number of urea groups is 1. The van der Waals surface area contributed by atoms with Crippen molar-refractivity contribution in [3.05, 3.63) is 23.8 Å². The number of nitrogen functional groups attached to an aromatic ring is 1. The summed E-state index contributed by atoms with van der Waals surface area (Å²) in [6.07, 6.45) is 1.79. The van der Waals surface area contributed by atoms with Crippen LogP contribution in [0, 0.1) is 6.92 Å². The minimum absolute atomic E-state index is 0.0171. The van der Waals surface area contributed by atoms with E-state index >= 15 is 0 Å². The summed E-state index contributed by atoms with van der Waals surface area (Å²) in [5.74, 6) is 0. The zero-order chi connectivity index (χ0) is 13.3. The maximum absolute atomic E-state index is 11.9. The lowest BCUT2D eigenvalue weighted by atomic mass is 10.2. The van der Waals surface area contributed by atoms with E-state index in [-0.39, 0.29) is 10.9 Å². The van der Waals surface area contributed by atoms with Crippen molar-refractivity contribution in [1.29, 1.82) is 0 Å². The number of amides is 2. The average Bonchev–Trinajstić information content (AvgIpc) is 3.04. The zero-order valence-corrected chi connectivity index (χ0v) is 10.8. The molecule has 2 rings (SSSR count). The molecule has 2 amide bonds. The van der Waals surface area contributed by atoms with Gasteiger partial charge >= 0.3 is 6.03 Å². The third-order valence-corrected chi connectivity index (χ3v) is 4.03. The summed E-state index contributed by atoms with van der Waals surface area (Å²) in [6, 6.07) is 3.75. The molecule has 4 N–H and O–H groups in total. The van der Waals surface area contributed by atoms with Gasteiger partial charge in [-0.1, -0.05) is 6.07 Å². The highest BCUT2D eigenvalue weighted by molar-refractivity contribution is 7.90. The molecule has 0 spiro atoms. The van der Waals surface area contributed by atoms with E-state index < -0.39 is 16.1 Å². The molecule has 0 radical (unpaired) electrons. The quantitative estimate of drug-likeness (QED) is 0.704. The fourth-order valence-electron chi connectivity index (χ4n) is 1.41. The van der Waals surface area contributed by atoms with Crippen LogP contribution in [-0.4, -0.2) is 20.5 Å². The van der Waals surface area contributed by atoms with E-state index in [1.807, 2.05) is 4.72 Å². The molecule has 0 saturated heterocycles. The van der Waals surface area contributed by atoms with Gasteiger partial charge in [-0.25, -0.2) is 17.9 Å². The highest BCUT2D eigenvalue weighted by Gasteiger charge is 2.25. The Labute approximate surface area is 106 Å². The number of carbonyl (C=O) groups is 1. The van der Waals surface area contributed by atoms with Crippen molar-refractivity contribution in [2.75, 3.05) is 5.73 Å². The number of hydrogen-bond acceptors (Lipinski definition) is 4. The largest absolute Gasteiger partial charge is 0.398 e. The predicted octanol–water partition coefficient (Wildman–Crippen LogP) is 0.728. The lowest BCUT2D eigenvalue weighted by Gasteiger charge is -2.09. The fourth-order valence-corrected chi connectivity index (χ4v) is 2.36. The van der Waals surface area contributed by atoms with Gasteiger partial charge in [-0.05, 0) is 37.5 Å². The smallest absolute Gasteiger partial charge is 0.328 e. The lowest BCUT2D eigenvalue weighted by Crippen LogP contribution is -2.40. The second-order valence-corrected chi connectivity index (χ2v) is 6.05. The van der Waals surface area contributed by atoms with Gasteiger partial charge < -0.3 is 11.1 Å². The number of anilines is 1. The molecule has 1 saturated carbocycles. The van der Waals surface area contributed by atoms with E-state index in [9.17, 15) is 13.2 Å². The van der Waals surface area contributed by atoms with E-state index in [4.69, 9.17) is 5.73 Å². The van der Waals surface area contributed by atoms with Crippen molar-refractivity contribution in [3.63, 3.8) is 0 Å². The Morgan fingerprint density at radius 2 is 2.06 bits per heavy atom. The summed E-state index contributed by atoms with van der Waals surface area (Å²) in [4.78, 5) is 11.4. The maximum atomic E-state index is 11.9. The Bertz CT molecular complexity index is 579. The van der Waals surface area contributed by atoms with Gasteiger partial charge in [-0.15, -0.1) is 0 Å². The van der Waals surface area contributed by atoms with Gasteiger partial charge in [0.25, 0.3) is 10.0 Å². The van der Waals surface area contributed by atoms with Crippen LogP contribution in [0.15, 0.2) is 23.1 Å². The normalized spacial score (nSPS) is 15.2.